The summed E-state index contributed by atoms with van der Waals surface area (Å²) in [6.45, 7) is 0.441. The Kier molecular flexibility index (Phi) is 3.80. The quantitative estimate of drug-likeness (QED) is 0.900. The molecule has 1 aromatic rings. The first-order chi connectivity index (χ1) is 9.77. The van der Waals surface area contributed by atoms with Crippen molar-refractivity contribution < 1.29 is 7.85 Å². The number of hydrogen-bond donors (Lipinski definition) is 1. The predicted molar refractivity (Wildman–Crippen MR) is 80.5 cm³/mol. The largest absolute Gasteiger partial charge is 0.389 e. The molecular weight excluding hydrogens is 234 g/mol. The van der Waals surface area contributed by atoms with E-state index < -0.39 is 18.0 Å². The second-order valence-electron chi connectivity index (χ2n) is 6.03. The standard InChI is InChI=1S/C17H27NO/c1-14-7-9-15(10-8-14)16(13-18(2)3)17(19)11-5-4-6-12-17/h7-10,16,19H,4-6,11-13H2,1-3H3/t16-/m0/s1/i13D2. The van der Waals surface area contributed by atoms with Gasteiger partial charge in [-0.2, -0.15) is 0 Å². The number of aryl methyl sites for hydroxylation is 1. The van der Waals surface area contributed by atoms with Crippen LogP contribution in [-0.2, 0) is 0 Å². The Morgan fingerprint density at radius 3 is 2.32 bits per heavy atom. The van der Waals surface area contributed by atoms with Gasteiger partial charge >= 0.3 is 0 Å². The van der Waals surface area contributed by atoms with Gasteiger partial charge in [0.15, 0.2) is 0 Å². The molecule has 1 aromatic carbocycles. The molecule has 1 N–H and O–H groups in total. The van der Waals surface area contributed by atoms with Crippen molar-refractivity contribution in [2.45, 2.75) is 50.5 Å². The number of aliphatic hydroxyl groups is 1. The number of benzene rings is 1. The Balaban J connectivity index is 2.46. The minimum atomic E-state index is -1.58. The lowest BCUT2D eigenvalue weighted by Gasteiger charge is -2.40. The highest BCUT2D eigenvalue weighted by atomic mass is 16.3. The summed E-state index contributed by atoms with van der Waals surface area (Å²) in [5, 5.41) is 11.2. The molecule has 106 valence electrons. The number of hydrogen-bond acceptors (Lipinski definition) is 2. The number of nitrogens with zero attached hydrogens (tertiary/aromatic N) is 1. The summed E-state index contributed by atoms with van der Waals surface area (Å²) in [4.78, 5) is 1.59. The summed E-state index contributed by atoms with van der Waals surface area (Å²) in [6.07, 6.45) is 4.44. The number of likely N-dealkylation sites (N-methyl/N-ethyl adjacent to an activating group) is 1. The molecule has 2 heteroatoms. The second kappa shape index (κ2) is 6.06. The minimum absolute atomic E-state index is 0.527. The highest BCUT2D eigenvalue weighted by Crippen LogP contribution is 2.40. The lowest BCUT2D eigenvalue weighted by atomic mass is 9.72. The Morgan fingerprint density at radius 1 is 1.21 bits per heavy atom. The van der Waals surface area contributed by atoms with Crippen molar-refractivity contribution in [3.63, 3.8) is 0 Å². The zero-order valence-corrected chi connectivity index (χ0v) is 12.3. The predicted octanol–water partition coefficient (Wildman–Crippen LogP) is 3.34. The average molecular weight is 263 g/mol. The van der Waals surface area contributed by atoms with Gasteiger partial charge in [-0.25, -0.2) is 0 Å². The Morgan fingerprint density at radius 2 is 1.79 bits per heavy atom. The van der Waals surface area contributed by atoms with Crippen molar-refractivity contribution in [2.75, 3.05) is 20.6 Å². The van der Waals surface area contributed by atoms with Crippen molar-refractivity contribution >= 4 is 0 Å². The lowest BCUT2D eigenvalue weighted by molar-refractivity contribution is -0.0277. The first-order valence-electron chi connectivity index (χ1n) is 8.24. The van der Waals surface area contributed by atoms with Crippen LogP contribution in [0, 0.1) is 6.92 Å². The Labute approximate surface area is 120 Å². The molecule has 1 atom stereocenters. The molecule has 0 heterocycles. The molecule has 1 saturated carbocycles. The summed E-state index contributed by atoms with van der Waals surface area (Å²) in [5.74, 6) is -0.527. The molecule has 2 rings (SSSR count). The molecule has 0 unspecified atom stereocenters. The van der Waals surface area contributed by atoms with Crippen molar-refractivity contribution in [3.05, 3.63) is 35.4 Å². The molecule has 0 radical (unpaired) electrons. The maximum Gasteiger partial charge on any atom is 0.0728 e. The second-order valence-corrected chi connectivity index (χ2v) is 6.03. The van der Waals surface area contributed by atoms with Crippen LogP contribution in [0.15, 0.2) is 24.3 Å². The first kappa shape index (κ1) is 11.9. The molecular formula is C17H27NO. The van der Waals surface area contributed by atoms with E-state index >= 15 is 0 Å². The number of rotatable bonds is 4. The maximum absolute atomic E-state index is 11.2. The van der Waals surface area contributed by atoms with Crippen LogP contribution < -0.4 is 0 Å². The van der Waals surface area contributed by atoms with Gasteiger partial charge in [-0.15, -0.1) is 0 Å². The fourth-order valence-electron chi connectivity index (χ4n) is 2.97. The summed E-state index contributed by atoms with van der Waals surface area (Å²) in [5.41, 5.74) is 1.09. The molecule has 0 bridgehead atoms. The molecule has 19 heavy (non-hydrogen) atoms. The van der Waals surface area contributed by atoms with Crippen LogP contribution in [-0.4, -0.2) is 36.2 Å². The van der Waals surface area contributed by atoms with Crippen LogP contribution in [0.25, 0.3) is 0 Å². The molecule has 0 amide bonds. The molecule has 0 spiro atoms. The van der Waals surface area contributed by atoms with Gasteiger partial charge in [0.1, 0.15) is 0 Å². The van der Waals surface area contributed by atoms with Crippen LogP contribution in [0.4, 0.5) is 0 Å². The van der Waals surface area contributed by atoms with E-state index in [0.717, 1.165) is 30.4 Å². The third kappa shape index (κ3) is 3.58. The van der Waals surface area contributed by atoms with Crippen LogP contribution in [0.5, 0.6) is 0 Å². The molecule has 1 aliphatic rings. The lowest BCUT2D eigenvalue weighted by Crippen LogP contribution is -2.42. The monoisotopic (exact) mass is 263 g/mol. The van der Waals surface area contributed by atoms with Crippen molar-refractivity contribution in [2.24, 2.45) is 0 Å². The fourth-order valence-corrected chi connectivity index (χ4v) is 2.97. The van der Waals surface area contributed by atoms with Crippen molar-refractivity contribution in [3.8, 4) is 0 Å². The van der Waals surface area contributed by atoms with E-state index in [1.807, 2.05) is 31.2 Å². The summed E-state index contributed by atoms with van der Waals surface area (Å²) >= 11 is 0. The van der Waals surface area contributed by atoms with E-state index in [-0.39, 0.29) is 0 Å². The SMILES string of the molecule is [2H]C([2H])([C@@H](c1ccc(C)cc1)C1(O)CCCCC1)N(C)C. The van der Waals surface area contributed by atoms with Gasteiger partial charge in [0.2, 0.25) is 0 Å². The van der Waals surface area contributed by atoms with E-state index in [9.17, 15) is 5.11 Å². The smallest absolute Gasteiger partial charge is 0.0728 e. The summed E-state index contributed by atoms with van der Waals surface area (Å²) < 4.78 is 17.0. The zero-order chi connectivity index (χ0) is 15.7. The topological polar surface area (TPSA) is 23.5 Å². The summed E-state index contributed by atoms with van der Waals surface area (Å²) in [7, 11) is 3.49. The van der Waals surface area contributed by atoms with Crippen LogP contribution in [0.1, 0.15) is 51.9 Å². The van der Waals surface area contributed by atoms with E-state index in [1.165, 1.54) is 0 Å². The van der Waals surface area contributed by atoms with E-state index in [4.69, 9.17) is 2.74 Å². The highest BCUT2D eigenvalue weighted by molar-refractivity contribution is 5.27. The van der Waals surface area contributed by atoms with Gasteiger partial charge in [0.25, 0.3) is 0 Å². The molecule has 2 nitrogen and oxygen atoms in total. The molecule has 1 aliphatic carbocycles. The van der Waals surface area contributed by atoms with Gasteiger partial charge in [-0.1, -0.05) is 49.1 Å². The normalized spacial score (nSPS) is 22.8. The Hall–Kier alpha value is -0.860. The summed E-state index contributed by atoms with van der Waals surface area (Å²) in [6, 6.07) is 7.93. The maximum atomic E-state index is 11.2. The van der Waals surface area contributed by atoms with Gasteiger partial charge in [0, 0.05) is 15.2 Å². The zero-order valence-electron chi connectivity index (χ0n) is 14.3. The highest BCUT2D eigenvalue weighted by Gasteiger charge is 2.38. The average Bonchev–Trinajstić information content (AvgIpc) is 2.41. The molecule has 0 aliphatic heterocycles. The van der Waals surface area contributed by atoms with Crippen LogP contribution in [0.3, 0.4) is 0 Å². The van der Waals surface area contributed by atoms with Gasteiger partial charge in [-0.3, -0.25) is 0 Å². The van der Waals surface area contributed by atoms with Crippen molar-refractivity contribution in [1.82, 2.24) is 4.90 Å². The minimum Gasteiger partial charge on any atom is -0.389 e. The molecule has 0 aromatic heterocycles. The third-order valence-electron chi connectivity index (χ3n) is 4.05. The fraction of sp³-hybridized carbons (Fsp3) is 0.647. The Bertz CT molecular complexity index is 464. The van der Waals surface area contributed by atoms with E-state index in [2.05, 4.69) is 0 Å². The first-order valence-corrected chi connectivity index (χ1v) is 7.24. The molecule has 1 fully saturated rings. The third-order valence-corrected chi connectivity index (χ3v) is 4.05. The van der Waals surface area contributed by atoms with Crippen LogP contribution in [0.2, 0.25) is 0 Å². The van der Waals surface area contributed by atoms with Gasteiger partial charge < -0.3 is 10.0 Å². The van der Waals surface area contributed by atoms with Crippen molar-refractivity contribution in [1.29, 1.82) is 0 Å². The molecule has 0 saturated heterocycles. The van der Waals surface area contributed by atoms with Crippen LogP contribution >= 0.6 is 0 Å². The van der Waals surface area contributed by atoms with E-state index in [1.54, 1.807) is 19.0 Å². The van der Waals surface area contributed by atoms with Gasteiger partial charge in [0.05, 0.1) is 5.60 Å². The van der Waals surface area contributed by atoms with E-state index in [0.29, 0.717) is 12.8 Å². The van der Waals surface area contributed by atoms with Gasteiger partial charge in [-0.05, 0) is 39.4 Å².